The van der Waals surface area contributed by atoms with E-state index < -0.39 is 11.4 Å². The Kier molecular flexibility index (Phi) is 5.95. The van der Waals surface area contributed by atoms with Crippen molar-refractivity contribution < 1.29 is 9.29 Å². The molecule has 122 valence electrons. The minimum atomic E-state index is -1.08. The second kappa shape index (κ2) is 7.53. The van der Waals surface area contributed by atoms with Gasteiger partial charge in [0.1, 0.15) is 10.9 Å². The summed E-state index contributed by atoms with van der Waals surface area (Å²) in [5.74, 6) is 0. The Morgan fingerprint density at radius 3 is 2.55 bits per heavy atom. The quantitative estimate of drug-likeness (QED) is 0.768. The number of allylic oxidation sites excluding steroid dienone is 1. The number of hydrogen-bond acceptors (Lipinski definition) is 3. The zero-order chi connectivity index (χ0) is 16.2. The Bertz CT molecular complexity index is 484. The summed E-state index contributed by atoms with van der Waals surface area (Å²) in [4.78, 5) is 0. The highest BCUT2D eigenvalue weighted by Crippen LogP contribution is 2.28. The molecule has 1 heterocycles. The van der Waals surface area contributed by atoms with E-state index in [-0.39, 0.29) is 16.9 Å². The average Bonchev–Trinajstić information content (AvgIpc) is 2.52. The molecule has 1 aliphatic heterocycles. The number of benzene rings is 1. The van der Waals surface area contributed by atoms with Crippen LogP contribution in [-0.4, -0.2) is 25.8 Å². The summed E-state index contributed by atoms with van der Waals surface area (Å²) in [6.45, 7) is 8.87. The maximum absolute atomic E-state index is 13.0. The van der Waals surface area contributed by atoms with E-state index in [0.717, 1.165) is 12.8 Å². The van der Waals surface area contributed by atoms with Crippen LogP contribution >= 0.6 is 0 Å². The van der Waals surface area contributed by atoms with Crippen molar-refractivity contribution in [3.05, 3.63) is 48.2 Å². The zero-order valence-electron chi connectivity index (χ0n) is 14.0. The first-order valence-electron chi connectivity index (χ1n) is 7.92. The van der Waals surface area contributed by atoms with Crippen molar-refractivity contribution in [2.75, 3.05) is 0 Å². The third-order valence-electron chi connectivity index (χ3n) is 3.88. The van der Waals surface area contributed by atoms with Crippen LogP contribution in [0.25, 0.3) is 0 Å². The third kappa shape index (κ3) is 4.51. The SMILES string of the molecule is C[C@@H]([C@@H]1CCC=CO1)N(Cc1ccccc1)[S@@+]([O-])C(C)(C)C. The van der Waals surface area contributed by atoms with Gasteiger partial charge in [0.15, 0.2) is 0 Å². The Morgan fingerprint density at radius 1 is 1.32 bits per heavy atom. The maximum atomic E-state index is 13.0. The van der Waals surface area contributed by atoms with E-state index in [9.17, 15) is 4.55 Å². The van der Waals surface area contributed by atoms with Gasteiger partial charge in [0.25, 0.3) is 0 Å². The van der Waals surface area contributed by atoms with Gasteiger partial charge in [0.2, 0.25) is 0 Å². The molecule has 1 aliphatic rings. The van der Waals surface area contributed by atoms with Gasteiger partial charge in [-0.05, 0) is 52.2 Å². The van der Waals surface area contributed by atoms with Gasteiger partial charge >= 0.3 is 0 Å². The molecule has 0 fully saturated rings. The van der Waals surface area contributed by atoms with Crippen molar-refractivity contribution in [3.63, 3.8) is 0 Å². The molecule has 0 saturated carbocycles. The minimum absolute atomic E-state index is 0.0972. The Labute approximate surface area is 137 Å². The highest BCUT2D eigenvalue weighted by molar-refractivity contribution is 7.90. The average molecular weight is 321 g/mol. The summed E-state index contributed by atoms with van der Waals surface area (Å²) >= 11 is -1.08. The lowest BCUT2D eigenvalue weighted by atomic mass is 10.1. The molecule has 0 saturated heterocycles. The van der Waals surface area contributed by atoms with Crippen LogP contribution in [0.3, 0.4) is 0 Å². The van der Waals surface area contributed by atoms with Crippen LogP contribution in [0.15, 0.2) is 42.7 Å². The molecular weight excluding hydrogens is 294 g/mol. The molecule has 3 nitrogen and oxygen atoms in total. The summed E-state index contributed by atoms with van der Waals surface area (Å²) in [5.41, 5.74) is 1.18. The fraction of sp³-hybridized carbons (Fsp3) is 0.556. The van der Waals surface area contributed by atoms with Crippen molar-refractivity contribution in [1.29, 1.82) is 0 Å². The van der Waals surface area contributed by atoms with Crippen LogP contribution in [-0.2, 0) is 22.6 Å². The maximum Gasteiger partial charge on any atom is 0.137 e. The lowest BCUT2D eigenvalue weighted by Gasteiger charge is -2.39. The van der Waals surface area contributed by atoms with E-state index in [1.54, 1.807) is 6.26 Å². The molecule has 0 N–H and O–H groups in total. The molecule has 4 heteroatoms. The fourth-order valence-electron chi connectivity index (χ4n) is 2.56. The van der Waals surface area contributed by atoms with Crippen molar-refractivity contribution in [2.45, 2.75) is 64.0 Å². The molecular formula is C18H27NO2S. The molecule has 1 aromatic rings. The van der Waals surface area contributed by atoms with Gasteiger partial charge in [-0.2, -0.15) is 0 Å². The number of nitrogens with zero attached hydrogens (tertiary/aromatic N) is 1. The largest absolute Gasteiger partial charge is 0.597 e. The van der Waals surface area contributed by atoms with Crippen LogP contribution in [0.1, 0.15) is 46.1 Å². The minimum Gasteiger partial charge on any atom is -0.597 e. The Morgan fingerprint density at radius 2 is 2.00 bits per heavy atom. The summed E-state index contributed by atoms with van der Waals surface area (Å²) in [7, 11) is 0. The lowest BCUT2D eigenvalue weighted by molar-refractivity contribution is 0.0612. The second-order valence-electron chi connectivity index (χ2n) is 6.79. The van der Waals surface area contributed by atoms with Gasteiger partial charge < -0.3 is 9.29 Å². The van der Waals surface area contributed by atoms with Crippen LogP contribution in [0.2, 0.25) is 0 Å². The van der Waals surface area contributed by atoms with Crippen LogP contribution < -0.4 is 0 Å². The highest BCUT2D eigenvalue weighted by Gasteiger charge is 2.39. The van der Waals surface area contributed by atoms with E-state index in [1.807, 2.05) is 45.0 Å². The molecule has 0 aliphatic carbocycles. The zero-order valence-corrected chi connectivity index (χ0v) is 14.8. The molecule has 0 amide bonds. The standard InChI is InChI=1S/C18H27NO2S/c1-15(17-12-8-9-13-21-17)19(22(20)18(2,3)4)14-16-10-6-5-7-11-16/h5-7,9-11,13,15,17H,8,12,14H2,1-4H3/t15-,17-,22-/m0/s1. The first kappa shape index (κ1) is 17.4. The highest BCUT2D eigenvalue weighted by atomic mass is 32.2. The smallest absolute Gasteiger partial charge is 0.137 e. The van der Waals surface area contributed by atoms with Crippen LogP contribution in [0, 0.1) is 0 Å². The molecule has 0 spiro atoms. The van der Waals surface area contributed by atoms with Gasteiger partial charge in [0, 0.05) is 11.4 Å². The first-order valence-corrected chi connectivity index (χ1v) is 9.03. The molecule has 0 bridgehead atoms. The number of rotatable bonds is 5. The van der Waals surface area contributed by atoms with Crippen molar-refractivity contribution >= 4 is 11.4 Å². The Balaban J connectivity index is 2.18. The van der Waals surface area contributed by atoms with Crippen molar-refractivity contribution in [1.82, 2.24) is 4.31 Å². The van der Waals surface area contributed by atoms with E-state index in [4.69, 9.17) is 4.74 Å². The molecule has 0 aromatic heterocycles. The van der Waals surface area contributed by atoms with E-state index in [1.165, 1.54) is 5.56 Å². The van der Waals surface area contributed by atoms with Crippen molar-refractivity contribution in [3.8, 4) is 0 Å². The molecule has 1 aromatic carbocycles. The van der Waals surface area contributed by atoms with Crippen molar-refractivity contribution in [2.24, 2.45) is 0 Å². The molecule has 2 rings (SSSR count). The normalized spacial score (nSPS) is 21.5. The molecule has 0 unspecified atom stereocenters. The van der Waals surface area contributed by atoms with E-state index in [0.29, 0.717) is 6.54 Å². The summed E-state index contributed by atoms with van der Waals surface area (Å²) in [6.07, 6.45) is 5.93. The van der Waals surface area contributed by atoms with Crippen LogP contribution in [0.5, 0.6) is 0 Å². The van der Waals surface area contributed by atoms with Gasteiger partial charge in [-0.3, -0.25) is 0 Å². The predicted octanol–water partition coefficient (Wildman–Crippen LogP) is 4.03. The van der Waals surface area contributed by atoms with Gasteiger partial charge in [-0.1, -0.05) is 30.3 Å². The van der Waals surface area contributed by atoms with E-state index in [2.05, 4.69) is 23.4 Å². The topological polar surface area (TPSA) is 35.5 Å². The van der Waals surface area contributed by atoms with Gasteiger partial charge in [0.05, 0.1) is 18.8 Å². The summed E-state index contributed by atoms with van der Waals surface area (Å²) in [5, 5.41) is 0. The monoisotopic (exact) mass is 321 g/mol. The summed E-state index contributed by atoms with van der Waals surface area (Å²) < 4.78 is 20.6. The second-order valence-corrected chi connectivity index (χ2v) is 8.98. The molecule has 0 radical (unpaired) electrons. The van der Waals surface area contributed by atoms with Gasteiger partial charge in [-0.15, -0.1) is 4.31 Å². The first-order chi connectivity index (χ1) is 10.4. The Hall–Kier alpha value is -0.970. The van der Waals surface area contributed by atoms with Gasteiger partial charge in [-0.25, -0.2) is 0 Å². The third-order valence-corrected chi connectivity index (χ3v) is 5.81. The predicted molar refractivity (Wildman–Crippen MR) is 92.6 cm³/mol. The van der Waals surface area contributed by atoms with Crippen LogP contribution in [0.4, 0.5) is 0 Å². The number of ether oxygens (including phenoxy) is 1. The molecule has 3 atom stereocenters. The van der Waals surface area contributed by atoms with E-state index >= 15 is 0 Å². The fourth-order valence-corrected chi connectivity index (χ4v) is 3.97. The summed E-state index contributed by atoms with van der Waals surface area (Å²) in [6, 6.07) is 10.3. The number of hydrogen-bond donors (Lipinski definition) is 0. The lowest BCUT2D eigenvalue weighted by Crippen LogP contribution is -2.51. The molecule has 22 heavy (non-hydrogen) atoms.